The van der Waals surface area contributed by atoms with Crippen LogP contribution in [0.3, 0.4) is 0 Å². The summed E-state index contributed by atoms with van der Waals surface area (Å²) in [5, 5.41) is 4.13. The molecule has 3 aromatic rings. The Morgan fingerprint density at radius 2 is 1.89 bits per heavy atom. The largest absolute Gasteiger partial charge is 0.573 e. The molecule has 2 aliphatic heterocycles. The summed E-state index contributed by atoms with van der Waals surface area (Å²) in [4.78, 5) is 34.1. The second-order valence-electron chi connectivity index (χ2n) is 9.02. The van der Waals surface area contributed by atoms with E-state index in [0.717, 1.165) is 12.8 Å². The van der Waals surface area contributed by atoms with Gasteiger partial charge in [-0.15, -0.1) is 13.2 Å². The molecule has 1 aromatic carbocycles. The van der Waals surface area contributed by atoms with E-state index < -0.39 is 6.36 Å². The van der Waals surface area contributed by atoms with Gasteiger partial charge in [-0.1, -0.05) is 12.1 Å². The van der Waals surface area contributed by atoms with E-state index in [1.807, 2.05) is 0 Å². The van der Waals surface area contributed by atoms with Crippen LogP contribution < -0.4 is 4.74 Å². The number of halogens is 3. The molecule has 2 fully saturated rings. The lowest BCUT2D eigenvalue weighted by Gasteiger charge is -2.36. The van der Waals surface area contributed by atoms with Crippen LogP contribution in [0, 0.1) is 5.92 Å². The van der Waals surface area contributed by atoms with Crippen LogP contribution in [0.2, 0.25) is 0 Å². The molecule has 2 amide bonds. The quantitative estimate of drug-likeness (QED) is 0.485. The third kappa shape index (κ3) is 5.65. The highest BCUT2D eigenvalue weighted by Gasteiger charge is 2.42. The van der Waals surface area contributed by atoms with E-state index in [0.29, 0.717) is 36.6 Å². The molecular weight excluding hydrogens is 487 g/mol. The molecule has 2 aromatic heterocycles. The summed E-state index contributed by atoms with van der Waals surface area (Å²) in [6.07, 6.45) is 4.96. The molecule has 0 N–H and O–H groups in total. The Labute approximate surface area is 211 Å². The summed E-state index contributed by atoms with van der Waals surface area (Å²) in [7, 11) is 0. The second-order valence-corrected chi connectivity index (χ2v) is 9.02. The first-order valence-corrected chi connectivity index (χ1v) is 11.9. The Hall–Kier alpha value is -4.15. The van der Waals surface area contributed by atoms with Crippen molar-refractivity contribution < 1.29 is 27.5 Å². The van der Waals surface area contributed by atoms with E-state index in [2.05, 4.69) is 14.8 Å². The van der Waals surface area contributed by atoms with Crippen molar-refractivity contribution >= 4 is 17.9 Å². The number of carbonyl (C=O) groups is 2. The molecule has 0 unspecified atom stereocenters. The molecule has 192 valence electrons. The Morgan fingerprint density at radius 1 is 1.08 bits per heavy atom. The van der Waals surface area contributed by atoms with Crippen molar-refractivity contribution in [3.8, 4) is 11.6 Å². The second kappa shape index (κ2) is 10.1. The maximum atomic E-state index is 13.2. The van der Waals surface area contributed by atoms with Gasteiger partial charge in [0.05, 0.1) is 11.6 Å². The van der Waals surface area contributed by atoms with E-state index in [1.165, 1.54) is 36.5 Å². The lowest BCUT2D eigenvalue weighted by molar-refractivity contribution is -0.274. The molecular formula is C26H24F3N5O3. The van der Waals surface area contributed by atoms with E-state index in [4.69, 9.17) is 0 Å². The highest BCUT2D eigenvalue weighted by atomic mass is 19.4. The molecule has 0 spiro atoms. The molecule has 2 atom stereocenters. The van der Waals surface area contributed by atoms with Gasteiger partial charge in [-0.3, -0.25) is 9.59 Å². The smallest absolute Gasteiger partial charge is 0.406 e. The summed E-state index contributed by atoms with van der Waals surface area (Å²) in [6, 6.07) is 10.5. The van der Waals surface area contributed by atoms with Crippen LogP contribution in [0.25, 0.3) is 11.9 Å². The molecule has 0 saturated carbocycles. The fourth-order valence-corrected chi connectivity index (χ4v) is 4.90. The molecule has 0 aliphatic carbocycles. The minimum atomic E-state index is -4.76. The van der Waals surface area contributed by atoms with Crippen LogP contribution in [0.4, 0.5) is 13.2 Å². The Kier molecular flexibility index (Phi) is 6.68. The van der Waals surface area contributed by atoms with Crippen LogP contribution >= 0.6 is 0 Å². The highest BCUT2D eigenvalue weighted by Crippen LogP contribution is 2.32. The Balaban J connectivity index is 1.22. The van der Waals surface area contributed by atoms with Crippen molar-refractivity contribution in [3.05, 3.63) is 78.3 Å². The molecule has 0 bridgehead atoms. The van der Waals surface area contributed by atoms with Crippen LogP contribution in [0.15, 0.2) is 67.1 Å². The Morgan fingerprint density at radius 3 is 2.57 bits per heavy atom. The third-order valence-electron chi connectivity index (χ3n) is 6.62. The maximum Gasteiger partial charge on any atom is 0.573 e. The molecule has 37 heavy (non-hydrogen) atoms. The number of pyridine rings is 1. The van der Waals surface area contributed by atoms with E-state index >= 15 is 0 Å². The number of nitrogens with zero attached hydrogens (tertiary/aromatic N) is 5. The summed E-state index contributed by atoms with van der Waals surface area (Å²) >= 11 is 0. The summed E-state index contributed by atoms with van der Waals surface area (Å²) in [6.45, 7) is 1.59. The van der Waals surface area contributed by atoms with Gasteiger partial charge in [-0.2, -0.15) is 5.10 Å². The first kappa shape index (κ1) is 24.5. The number of carbonyl (C=O) groups excluding carboxylic acids is 2. The fraction of sp³-hybridized carbons (Fsp3) is 0.308. The number of rotatable bonds is 5. The number of aromatic nitrogens is 3. The number of likely N-dealkylation sites (tertiary alicyclic amines) is 2. The van der Waals surface area contributed by atoms with Crippen molar-refractivity contribution in [3.63, 3.8) is 0 Å². The summed E-state index contributed by atoms with van der Waals surface area (Å²) in [5.41, 5.74) is 1.05. The van der Waals surface area contributed by atoms with Crippen molar-refractivity contribution in [2.45, 2.75) is 25.2 Å². The molecule has 4 heterocycles. The monoisotopic (exact) mass is 511 g/mol. The third-order valence-corrected chi connectivity index (χ3v) is 6.62. The van der Waals surface area contributed by atoms with Crippen LogP contribution in [0.5, 0.6) is 5.75 Å². The number of hydrogen-bond acceptors (Lipinski definition) is 5. The Bertz CT molecular complexity index is 1270. The number of benzene rings is 1. The van der Waals surface area contributed by atoms with Gasteiger partial charge in [-0.25, -0.2) is 9.67 Å². The van der Waals surface area contributed by atoms with Gasteiger partial charge in [-0.05, 0) is 60.7 Å². The zero-order valence-corrected chi connectivity index (χ0v) is 19.7. The average molecular weight is 512 g/mol. The number of fused-ring (bicyclic) bond motifs is 1. The SMILES string of the molecule is O=C(c1ccc(-n2cccn2)nc1)N1C[C@H]2CCCN(C(=O)/C=C/c3ccc(OC(F)(F)F)cc3)[C@H]2C1. The zero-order valence-electron chi connectivity index (χ0n) is 19.7. The lowest BCUT2D eigenvalue weighted by atomic mass is 9.92. The van der Waals surface area contributed by atoms with Gasteiger partial charge in [0.2, 0.25) is 5.91 Å². The highest BCUT2D eigenvalue weighted by molar-refractivity contribution is 5.95. The van der Waals surface area contributed by atoms with Gasteiger partial charge < -0.3 is 14.5 Å². The van der Waals surface area contributed by atoms with Gasteiger partial charge in [0.15, 0.2) is 5.82 Å². The number of piperidine rings is 1. The van der Waals surface area contributed by atoms with Gasteiger partial charge in [0.25, 0.3) is 5.91 Å². The molecule has 11 heteroatoms. The van der Waals surface area contributed by atoms with E-state index in [9.17, 15) is 22.8 Å². The number of ether oxygens (including phenoxy) is 1. The number of hydrogen-bond donors (Lipinski definition) is 0. The first-order chi connectivity index (χ1) is 17.8. The van der Waals surface area contributed by atoms with Crippen molar-refractivity contribution in [1.29, 1.82) is 0 Å². The maximum absolute atomic E-state index is 13.2. The summed E-state index contributed by atoms with van der Waals surface area (Å²) in [5.74, 6) is 0.160. The molecule has 2 saturated heterocycles. The van der Waals surface area contributed by atoms with Crippen molar-refractivity contribution in [2.24, 2.45) is 5.92 Å². The molecule has 0 radical (unpaired) electrons. The molecule has 5 rings (SSSR count). The predicted octanol–water partition coefficient (Wildman–Crippen LogP) is 3.94. The normalized spacial score (nSPS) is 19.8. The van der Waals surface area contributed by atoms with Crippen LogP contribution in [-0.2, 0) is 4.79 Å². The van der Waals surface area contributed by atoms with Gasteiger partial charge >= 0.3 is 6.36 Å². The zero-order chi connectivity index (χ0) is 26.0. The standard InChI is InChI=1S/C26H24F3N5O3/c27-26(28,29)37-21-8-4-18(5-9-21)6-11-24(35)33-13-1-3-20-16-32(17-22(20)33)25(36)19-7-10-23(30-15-19)34-14-2-12-31-34/h2,4-12,14-15,20,22H,1,3,13,16-17H2/b11-6+/t20-,22+/m1/s1. The minimum Gasteiger partial charge on any atom is -0.406 e. The minimum absolute atomic E-state index is 0.0891. The summed E-state index contributed by atoms with van der Waals surface area (Å²) < 4.78 is 42.5. The first-order valence-electron chi connectivity index (χ1n) is 11.9. The predicted molar refractivity (Wildman–Crippen MR) is 128 cm³/mol. The van der Waals surface area contributed by atoms with Crippen molar-refractivity contribution in [1.82, 2.24) is 24.6 Å². The van der Waals surface area contributed by atoms with Gasteiger partial charge in [0, 0.05) is 44.3 Å². The molecule has 2 aliphatic rings. The van der Waals surface area contributed by atoms with E-state index in [1.54, 1.807) is 51.2 Å². The number of alkyl halides is 3. The van der Waals surface area contributed by atoms with Crippen molar-refractivity contribution in [2.75, 3.05) is 19.6 Å². The fourth-order valence-electron chi connectivity index (χ4n) is 4.90. The average Bonchev–Trinajstić information content (AvgIpc) is 3.57. The topological polar surface area (TPSA) is 80.6 Å². The van der Waals surface area contributed by atoms with E-state index in [-0.39, 0.29) is 29.5 Å². The number of amides is 2. The van der Waals surface area contributed by atoms with Crippen LogP contribution in [-0.4, -0.2) is 68.4 Å². The van der Waals surface area contributed by atoms with Gasteiger partial charge in [0.1, 0.15) is 5.75 Å². The molecule has 8 nitrogen and oxygen atoms in total. The lowest BCUT2D eigenvalue weighted by Crippen LogP contribution is -2.48. The van der Waals surface area contributed by atoms with Crippen LogP contribution in [0.1, 0.15) is 28.8 Å².